The summed E-state index contributed by atoms with van der Waals surface area (Å²) >= 11 is 0. The highest BCUT2D eigenvalue weighted by Gasteiger charge is 2.06. The molecule has 0 atom stereocenters. The Morgan fingerprint density at radius 1 is 0.710 bits per heavy atom. The predicted molar refractivity (Wildman–Crippen MR) is 136 cm³/mol. The maximum atomic E-state index is 11.9. The number of hydrogen-bond donors (Lipinski definition) is 0. The number of ether oxygens (including phenoxy) is 1. The molecule has 0 heterocycles. The summed E-state index contributed by atoms with van der Waals surface area (Å²) in [5, 5.41) is 0. The third kappa shape index (κ3) is 22.1. The van der Waals surface area contributed by atoms with Crippen molar-refractivity contribution < 1.29 is 9.53 Å². The summed E-state index contributed by atoms with van der Waals surface area (Å²) < 4.78 is 5.40. The molecule has 0 aromatic rings. The van der Waals surface area contributed by atoms with Gasteiger partial charge in [-0.05, 0) is 58.7 Å². The van der Waals surface area contributed by atoms with Gasteiger partial charge in [0.15, 0.2) is 0 Å². The molecular weight excluding hydrogens is 384 g/mol. The molecule has 0 aliphatic heterocycles. The third-order valence-electron chi connectivity index (χ3n) is 5.91. The van der Waals surface area contributed by atoms with Crippen LogP contribution in [0.2, 0.25) is 0 Å². The van der Waals surface area contributed by atoms with Crippen LogP contribution in [0.25, 0.3) is 0 Å². The Kier molecular flexibility index (Phi) is 23.1. The Morgan fingerprint density at radius 2 is 1.32 bits per heavy atom. The first kappa shape index (κ1) is 30.1. The minimum absolute atomic E-state index is 0.0311. The number of carbonyl (C=O) groups is 1. The molecule has 0 rings (SSSR count). The molecule has 0 amide bonds. The normalized spacial score (nSPS) is 11.8. The van der Waals surface area contributed by atoms with E-state index in [4.69, 9.17) is 4.74 Å². The fourth-order valence-electron chi connectivity index (χ4n) is 3.72. The highest BCUT2D eigenvalue weighted by molar-refractivity contribution is 5.69. The Bertz CT molecular complexity index is 412. The topological polar surface area (TPSA) is 32.8 Å². The Labute approximate surface area is 194 Å². The van der Waals surface area contributed by atoms with E-state index in [1.807, 2.05) is 0 Å². The lowest BCUT2D eigenvalue weighted by molar-refractivity contribution is -0.144. The van der Waals surface area contributed by atoms with Gasteiger partial charge in [-0.2, -0.15) is 0 Å². The summed E-state index contributed by atoms with van der Waals surface area (Å²) in [6.45, 7) is 12.4. The zero-order valence-electron chi connectivity index (χ0n) is 21.5. The smallest absolute Gasteiger partial charge is 0.305 e. The standard InChI is InChI=1S/C27H54N2O2/c1-5-8-9-10-11-12-13-14-15-16-17-18-19-20-21-27(30)31-26-25-28(4)23-24-29(7-3)22-6-2/h13-14H,5-12,15-26H2,1-4H3/b14-13-. The van der Waals surface area contributed by atoms with Crippen molar-refractivity contribution in [3.63, 3.8) is 0 Å². The fraction of sp³-hybridized carbons (Fsp3) is 0.889. The first-order valence-electron chi connectivity index (χ1n) is 13.3. The zero-order chi connectivity index (χ0) is 23.0. The average Bonchev–Trinajstić information content (AvgIpc) is 2.76. The van der Waals surface area contributed by atoms with Crippen molar-refractivity contribution >= 4 is 5.97 Å². The van der Waals surface area contributed by atoms with E-state index in [1.165, 1.54) is 70.6 Å². The molecule has 31 heavy (non-hydrogen) atoms. The van der Waals surface area contributed by atoms with Crippen molar-refractivity contribution in [2.75, 3.05) is 46.4 Å². The van der Waals surface area contributed by atoms with Crippen molar-refractivity contribution in [3.05, 3.63) is 12.2 Å². The van der Waals surface area contributed by atoms with Crippen molar-refractivity contribution in [2.45, 2.75) is 111 Å². The minimum atomic E-state index is -0.0311. The summed E-state index contributed by atoms with van der Waals surface area (Å²) in [4.78, 5) is 16.6. The van der Waals surface area contributed by atoms with E-state index in [9.17, 15) is 4.79 Å². The van der Waals surface area contributed by atoms with Crippen molar-refractivity contribution in [2.24, 2.45) is 0 Å². The lowest BCUT2D eigenvalue weighted by Gasteiger charge is -2.23. The highest BCUT2D eigenvalue weighted by atomic mass is 16.5. The number of rotatable bonds is 23. The molecule has 4 heteroatoms. The van der Waals surface area contributed by atoms with E-state index in [1.54, 1.807) is 0 Å². The second-order valence-corrected chi connectivity index (χ2v) is 8.94. The van der Waals surface area contributed by atoms with Gasteiger partial charge in [-0.25, -0.2) is 0 Å². The summed E-state index contributed by atoms with van der Waals surface area (Å²) in [7, 11) is 2.11. The van der Waals surface area contributed by atoms with Gasteiger partial charge in [0.05, 0.1) is 0 Å². The number of nitrogens with zero attached hydrogens (tertiary/aromatic N) is 2. The van der Waals surface area contributed by atoms with Gasteiger partial charge in [-0.3, -0.25) is 4.79 Å². The summed E-state index contributed by atoms with van der Waals surface area (Å²) in [6, 6.07) is 0. The van der Waals surface area contributed by atoms with Crippen molar-refractivity contribution in [1.29, 1.82) is 0 Å². The quantitative estimate of drug-likeness (QED) is 0.0993. The van der Waals surface area contributed by atoms with Crippen LogP contribution in [0.4, 0.5) is 0 Å². The Morgan fingerprint density at radius 3 is 1.94 bits per heavy atom. The molecule has 0 aliphatic rings. The van der Waals surface area contributed by atoms with Gasteiger partial charge >= 0.3 is 5.97 Å². The van der Waals surface area contributed by atoms with Gasteiger partial charge in [-0.1, -0.05) is 77.9 Å². The molecule has 0 radical (unpaired) electrons. The van der Waals surface area contributed by atoms with Crippen LogP contribution < -0.4 is 0 Å². The first-order chi connectivity index (χ1) is 15.1. The molecule has 0 saturated carbocycles. The molecule has 0 unspecified atom stereocenters. The Balaban J connectivity index is 3.43. The SMILES string of the molecule is CCCCCCC/C=C\CCCCCCCC(=O)OCCN(C)CCN(CC)CCC. The number of likely N-dealkylation sites (N-methyl/N-ethyl adjacent to an activating group) is 2. The van der Waals surface area contributed by atoms with Crippen molar-refractivity contribution in [1.82, 2.24) is 9.80 Å². The number of carbonyl (C=O) groups excluding carboxylic acids is 1. The van der Waals surface area contributed by atoms with Gasteiger partial charge in [-0.15, -0.1) is 0 Å². The van der Waals surface area contributed by atoms with Crippen LogP contribution in [0.1, 0.15) is 111 Å². The third-order valence-corrected chi connectivity index (χ3v) is 5.91. The van der Waals surface area contributed by atoms with Crippen LogP contribution in [0.3, 0.4) is 0 Å². The zero-order valence-corrected chi connectivity index (χ0v) is 21.5. The summed E-state index contributed by atoms with van der Waals surface area (Å²) in [6.07, 6.45) is 21.7. The molecule has 0 aromatic carbocycles. The molecule has 0 spiro atoms. The second kappa shape index (κ2) is 23.8. The van der Waals surface area contributed by atoms with Gasteiger partial charge in [0.2, 0.25) is 0 Å². The molecule has 4 nitrogen and oxygen atoms in total. The monoisotopic (exact) mass is 438 g/mol. The number of allylic oxidation sites excluding steroid dienone is 2. The summed E-state index contributed by atoms with van der Waals surface area (Å²) in [5.41, 5.74) is 0. The van der Waals surface area contributed by atoms with E-state index >= 15 is 0 Å². The average molecular weight is 439 g/mol. The Hall–Kier alpha value is -0.870. The van der Waals surface area contributed by atoms with E-state index < -0.39 is 0 Å². The van der Waals surface area contributed by atoms with E-state index in [2.05, 4.69) is 49.8 Å². The molecule has 0 aliphatic carbocycles. The molecule has 0 N–H and O–H groups in total. The largest absolute Gasteiger partial charge is 0.464 e. The van der Waals surface area contributed by atoms with Gasteiger partial charge in [0, 0.05) is 26.1 Å². The summed E-state index contributed by atoms with van der Waals surface area (Å²) in [5.74, 6) is -0.0311. The second-order valence-electron chi connectivity index (χ2n) is 8.94. The minimum Gasteiger partial charge on any atom is -0.464 e. The van der Waals surface area contributed by atoms with Gasteiger partial charge in [0.1, 0.15) is 6.61 Å². The predicted octanol–water partition coefficient (Wildman–Crippen LogP) is 6.84. The van der Waals surface area contributed by atoms with Crippen LogP contribution >= 0.6 is 0 Å². The van der Waals surface area contributed by atoms with Crippen LogP contribution in [-0.2, 0) is 9.53 Å². The van der Waals surface area contributed by atoms with Crippen LogP contribution in [-0.4, -0.2) is 62.1 Å². The molecule has 0 saturated heterocycles. The van der Waals surface area contributed by atoms with E-state index in [-0.39, 0.29) is 5.97 Å². The molecular formula is C27H54N2O2. The lowest BCUT2D eigenvalue weighted by Crippen LogP contribution is -2.35. The first-order valence-corrected chi connectivity index (χ1v) is 13.3. The van der Waals surface area contributed by atoms with Crippen LogP contribution in [0.15, 0.2) is 12.2 Å². The van der Waals surface area contributed by atoms with Gasteiger partial charge in [0.25, 0.3) is 0 Å². The van der Waals surface area contributed by atoms with E-state index in [0.717, 1.165) is 45.6 Å². The fourth-order valence-corrected chi connectivity index (χ4v) is 3.72. The lowest BCUT2D eigenvalue weighted by atomic mass is 10.1. The molecule has 0 aromatic heterocycles. The number of esters is 1. The molecule has 0 bridgehead atoms. The maximum absolute atomic E-state index is 11.9. The van der Waals surface area contributed by atoms with Crippen molar-refractivity contribution in [3.8, 4) is 0 Å². The molecule has 184 valence electrons. The number of hydrogen-bond acceptors (Lipinski definition) is 4. The molecule has 0 fully saturated rings. The van der Waals surface area contributed by atoms with Crippen LogP contribution in [0.5, 0.6) is 0 Å². The van der Waals surface area contributed by atoms with Crippen LogP contribution in [0, 0.1) is 0 Å². The maximum Gasteiger partial charge on any atom is 0.305 e. The highest BCUT2D eigenvalue weighted by Crippen LogP contribution is 2.09. The van der Waals surface area contributed by atoms with Gasteiger partial charge < -0.3 is 14.5 Å². The van der Waals surface area contributed by atoms with E-state index in [0.29, 0.717) is 13.0 Å². The number of unbranched alkanes of at least 4 members (excludes halogenated alkanes) is 10.